The van der Waals surface area contributed by atoms with E-state index in [9.17, 15) is 8.42 Å². The van der Waals surface area contributed by atoms with Crippen LogP contribution in [0.3, 0.4) is 0 Å². The molecule has 1 saturated heterocycles. The summed E-state index contributed by atoms with van der Waals surface area (Å²) in [5.74, 6) is 0.367. The Morgan fingerprint density at radius 1 is 1.45 bits per heavy atom. The van der Waals surface area contributed by atoms with E-state index in [1.165, 1.54) is 10.9 Å². The minimum atomic E-state index is -3.42. The van der Waals surface area contributed by atoms with E-state index in [2.05, 4.69) is 24.3 Å². The lowest BCUT2D eigenvalue weighted by Crippen LogP contribution is -2.51. The van der Waals surface area contributed by atoms with Gasteiger partial charge < -0.3 is 5.32 Å². The average Bonchev–Trinajstić information content (AvgIpc) is 2.86. The third kappa shape index (κ3) is 2.89. The molecule has 2 heterocycles. The minimum Gasteiger partial charge on any atom is -0.314 e. The monoisotopic (exact) mass is 300 g/mol. The number of aryl methyl sites for hydroxylation is 1. The highest BCUT2D eigenvalue weighted by Gasteiger charge is 2.35. The fourth-order valence-electron chi connectivity index (χ4n) is 2.91. The molecule has 1 aliphatic heterocycles. The van der Waals surface area contributed by atoms with Gasteiger partial charge in [0, 0.05) is 26.2 Å². The van der Waals surface area contributed by atoms with Gasteiger partial charge in [-0.05, 0) is 24.9 Å². The molecule has 114 valence electrons. The molecule has 1 aliphatic rings. The molecule has 7 heteroatoms. The van der Waals surface area contributed by atoms with E-state index in [-0.39, 0.29) is 5.03 Å². The number of hydrogen-bond donors (Lipinski definition) is 1. The topological polar surface area (TPSA) is 67.2 Å². The highest BCUT2D eigenvalue weighted by Crippen LogP contribution is 2.25. The first-order valence-corrected chi connectivity index (χ1v) is 8.66. The van der Waals surface area contributed by atoms with Gasteiger partial charge in [0.15, 0.2) is 5.03 Å². The smallest absolute Gasteiger partial charge is 0.260 e. The summed E-state index contributed by atoms with van der Waals surface area (Å²) in [5, 5.41) is 7.70. The Kier molecular flexibility index (Phi) is 4.82. The van der Waals surface area contributed by atoms with Crippen LogP contribution in [0.4, 0.5) is 0 Å². The first-order valence-electron chi connectivity index (χ1n) is 7.22. The van der Waals surface area contributed by atoms with Crippen molar-refractivity contribution in [2.24, 2.45) is 13.0 Å². The van der Waals surface area contributed by atoms with Crippen LogP contribution in [-0.4, -0.2) is 48.2 Å². The third-order valence-electron chi connectivity index (χ3n) is 4.07. The molecule has 0 radical (unpaired) electrons. The minimum absolute atomic E-state index is 0.272. The Morgan fingerprint density at radius 3 is 2.75 bits per heavy atom. The number of nitrogens with one attached hydrogen (secondary N) is 1. The van der Waals surface area contributed by atoms with Gasteiger partial charge in [-0.3, -0.25) is 4.68 Å². The van der Waals surface area contributed by atoms with Crippen LogP contribution in [0, 0.1) is 5.92 Å². The molecule has 2 rings (SSSR count). The number of nitrogens with zero attached hydrogens (tertiary/aromatic N) is 3. The van der Waals surface area contributed by atoms with Crippen LogP contribution in [-0.2, 0) is 17.1 Å². The standard InChI is InChI=1S/C13H24N4O2S/c1-4-11-10-17(9-7-12(11)14-5-2)20(18,19)13-6-8-15-16(13)3/h6,8,11-12,14H,4-5,7,9-10H2,1-3H3. The molecule has 2 unspecified atom stereocenters. The second-order valence-corrected chi connectivity index (χ2v) is 7.16. The van der Waals surface area contributed by atoms with E-state index < -0.39 is 10.0 Å². The van der Waals surface area contributed by atoms with Crippen molar-refractivity contribution in [1.82, 2.24) is 19.4 Å². The second kappa shape index (κ2) is 6.24. The normalized spacial score (nSPS) is 24.9. The molecule has 0 saturated carbocycles. The third-order valence-corrected chi connectivity index (χ3v) is 6.01. The zero-order valence-electron chi connectivity index (χ0n) is 12.4. The summed E-state index contributed by atoms with van der Waals surface area (Å²) < 4.78 is 28.3. The van der Waals surface area contributed by atoms with Gasteiger partial charge in [-0.25, -0.2) is 8.42 Å². The largest absolute Gasteiger partial charge is 0.314 e. The van der Waals surface area contributed by atoms with Crippen molar-refractivity contribution in [3.8, 4) is 0 Å². The fraction of sp³-hybridized carbons (Fsp3) is 0.769. The van der Waals surface area contributed by atoms with Gasteiger partial charge in [0.2, 0.25) is 0 Å². The quantitative estimate of drug-likeness (QED) is 0.874. The summed E-state index contributed by atoms with van der Waals surface area (Å²) in [5.41, 5.74) is 0. The van der Waals surface area contributed by atoms with Crippen molar-refractivity contribution >= 4 is 10.0 Å². The molecule has 2 atom stereocenters. The SMILES string of the molecule is CCNC1CCN(S(=O)(=O)c2ccnn2C)CC1CC. The van der Waals surface area contributed by atoms with E-state index in [4.69, 9.17) is 0 Å². The molecule has 0 aliphatic carbocycles. The Bertz CT molecular complexity index is 540. The van der Waals surface area contributed by atoms with Gasteiger partial charge in [0.1, 0.15) is 0 Å². The number of hydrogen-bond acceptors (Lipinski definition) is 4. The molecule has 0 spiro atoms. The number of aromatic nitrogens is 2. The number of sulfonamides is 1. The van der Waals surface area contributed by atoms with Crippen LogP contribution < -0.4 is 5.32 Å². The first kappa shape index (κ1) is 15.5. The molecular formula is C13H24N4O2S. The summed E-state index contributed by atoms with van der Waals surface area (Å²) in [6, 6.07) is 1.98. The predicted molar refractivity (Wildman–Crippen MR) is 77.8 cm³/mol. The van der Waals surface area contributed by atoms with Crippen LogP contribution in [0.15, 0.2) is 17.3 Å². The molecule has 1 N–H and O–H groups in total. The maximum Gasteiger partial charge on any atom is 0.260 e. The molecule has 6 nitrogen and oxygen atoms in total. The summed E-state index contributed by atoms with van der Waals surface area (Å²) in [7, 11) is -1.76. The highest BCUT2D eigenvalue weighted by molar-refractivity contribution is 7.89. The Morgan fingerprint density at radius 2 is 2.20 bits per heavy atom. The van der Waals surface area contributed by atoms with Gasteiger partial charge in [-0.1, -0.05) is 20.3 Å². The van der Waals surface area contributed by atoms with Gasteiger partial charge >= 0.3 is 0 Å². The first-order chi connectivity index (χ1) is 9.50. The van der Waals surface area contributed by atoms with Gasteiger partial charge in [-0.15, -0.1) is 0 Å². The van der Waals surface area contributed by atoms with Crippen molar-refractivity contribution in [2.45, 2.75) is 37.8 Å². The van der Waals surface area contributed by atoms with E-state index in [0.29, 0.717) is 25.0 Å². The molecule has 1 aromatic heterocycles. The van der Waals surface area contributed by atoms with E-state index in [1.54, 1.807) is 17.4 Å². The summed E-state index contributed by atoms with van der Waals surface area (Å²) in [6.45, 7) is 6.29. The van der Waals surface area contributed by atoms with E-state index in [1.807, 2.05) is 0 Å². The molecule has 1 fully saturated rings. The fourth-order valence-corrected chi connectivity index (χ4v) is 4.52. The van der Waals surface area contributed by atoms with Crippen LogP contribution in [0.1, 0.15) is 26.7 Å². The van der Waals surface area contributed by atoms with Gasteiger partial charge in [0.05, 0.1) is 6.20 Å². The van der Waals surface area contributed by atoms with Crippen LogP contribution in [0.25, 0.3) is 0 Å². The maximum atomic E-state index is 12.6. The van der Waals surface area contributed by atoms with Crippen LogP contribution in [0.5, 0.6) is 0 Å². The van der Waals surface area contributed by atoms with Crippen LogP contribution in [0.2, 0.25) is 0 Å². The Hall–Kier alpha value is -0.920. The van der Waals surface area contributed by atoms with Crippen molar-refractivity contribution in [3.05, 3.63) is 12.3 Å². The van der Waals surface area contributed by atoms with Crippen molar-refractivity contribution in [3.63, 3.8) is 0 Å². The predicted octanol–water partition coefficient (Wildman–Crippen LogP) is 0.819. The van der Waals surface area contributed by atoms with Gasteiger partial charge in [0.25, 0.3) is 10.0 Å². The molecule has 0 bridgehead atoms. The Labute approximate surface area is 121 Å². The molecular weight excluding hydrogens is 276 g/mol. The lowest BCUT2D eigenvalue weighted by molar-refractivity contribution is 0.203. The van der Waals surface area contributed by atoms with Crippen molar-refractivity contribution in [1.29, 1.82) is 0 Å². The van der Waals surface area contributed by atoms with Gasteiger partial charge in [-0.2, -0.15) is 9.40 Å². The molecule has 20 heavy (non-hydrogen) atoms. The van der Waals surface area contributed by atoms with Crippen LogP contribution >= 0.6 is 0 Å². The van der Waals surface area contributed by atoms with E-state index >= 15 is 0 Å². The molecule has 1 aromatic rings. The lowest BCUT2D eigenvalue weighted by atomic mass is 9.91. The lowest BCUT2D eigenvalue weighted by Gasteiger charge is -2.37. The van der Waals surface area contributed by atoms with Crippen molar-refractivity contribution in [2.75, 3.05) is 19.6 Å². The maximum absolute atomic E-state index is 12.6. The zero-order valence-corrected chi connectivity index (χ0v) is 13.2. The highest BCUT2D eigenvalue weighted by atomic mass is 32.2. The summed E-state index contributed by atoms with van der Waals surface area (Å²) >= 11 is 0. The zero-order chi connectivity index (χ0) is 14.8. The summed E-state index contributed by atoms with van der Waals surface area (Å²) in [6.07, 6.45) is 3.37. The molecule has 0 amide bonds. The van der Waals surface area contributed by atoms with E-state index in [0.717, 1.165) is 19.4 Å². The number of rotatable bonds is 5. The second-order valence-electron chi connectivity index (χ2n) is 5.28. The number of piperidine rings is 1. The van der Waals surface area contributed by atoms with Crippen molar-refractivity contribution < 1.29 is 8.42 Å². The average molecular weight is 300 g/mol. The Balaban J connectivity index is 2.17. The molecule has 0 aromatic carbocycles. The summed E-state index contributed by atoms with van der Waals surface area (Å²) in [4.78, 5) is 0.